The van der Waals surface area contributed by atoms with Crippen molar-refractivity contribution in [2.45, 2.75) is 6.42 Å². The van der Waals surface area contributed by atoms with Crippen LogP contribution in [0.5, 0.6) is 0 Å². The maximum absolute atomic E-state index is 5.92. The lowest BCUT2D eigenvalue weighted by atomic mass is 10.1. The first-order valence-electron chi connectivity index (χ1n) is 5.02. The van der Waals surface area contributed by atoms with Gasteiger partial charge in [-0.15, -0.1) is 0 Å². The van der Waals surface area contributed by atoms with Crippen LogP contribution in [-0.4, -0.2) is 17.0 Å². The third-order valence-corrected chi connectivity index (χ3v) is 2.45. The van der Waals surface area contributed by atoms with Crippen LogP contribution in [0.25, 0.3) is 0 Å². The van der Waals surface area contributed by atoms with Gasteiger partial charge in [-0.1, -0.05) is 23.7 Å². The van der Waals surface area contributed by atoms with Crippen molar-refractivity contribution in [3.63, 3.8) is 0 Å². The monoisotopic (exact) mass is 233 g/mol. The molecule has 1 N–H and O–H groups in total. The van der Waals surface area contributed by atoms with Gasteiger partial charge in [0.2, 0.25) is 0 Å². The molecule has 0 amide bonds. The molecule has 2 aromatic rings. The van der Waals surface area contributed by atoms with Crippen molar-refractivity contribution in [1.82, 2.24) is 9.97 Å². The van der Waals surface area contributed by atoms with Gasteiger partial charge in [-0.3, -0.25) is 0 Å². The summed E-state index contributed by atoms with van der Waals surface area (Å²) in [4.78, 5) is 8.57. The van der Waals surface area contributed by atoms with Crippen molar-refractivity contribution in [3.05, 3.63) is 52.9 Å². The third kappa shape index (κ3) is 2.70. The average Bonchev–Trinajstić information content (AvgIpc) is 2.29. The molecule has 16 heavy (non-hydrogen) atoms. The van der Waals surface area contributed by atoms with Gasteiger partial charge >= 0.3 is 0 Å². The minimum Gasteiger partial charge on any atom is -0.373 e. The van der Waals surface area contributed by atoms with Crippen LogP contribution < -0.4 is 5.32 Å². The molecule has 0 saturated heterocycles. The fourth-order valence-corrected chi connectivity index (χ4v) is 1.67. The van der Waals surface area contributed by atoms with Crippen LogP contribution in [0.3, 0.4) is 0 Å². The molecule has 0 aliphatic carbocycles. The van der Waals surface area contributed by atoms with Gasteiger partial charge in [0.1, 0.15) is 11.6 Å². The molecule has 0 radical (unpaired) electrons. The maximum atomic E-state index is 5.92. The predicted octanol–water partition coefficient (Wildman–Crippen LogP) is 2.76. The van der Waals surface area contributed by atoms with Crippen LogP contribution in [0.15, 0.2) is 36.5 Å². The van der Waals surface area contributed by atoms with E-state index >= 15 is 0 Å². The van der Waals surface area contributed by atoms with Crippen molar-refractivity contribution >= 4 is 17.4 Å². The van der Waals surface area contributed by atoms with Crippen molar-refractivity contribution < 1.29 is 0 Å². The van der Waals surface area contributed by atoms with Crippen LogP contribution in [0.1, 0.15) is 11.4 Å². The molecule has 1 aromatic carbocycles. The fourth-order valence-electron chi connectivity index (χ4n) is 1.45. The maximum Gasteiger partial charge on any atom is 0.135 e. The number of hydrogen-bond acceptors (Lipinski definition) is 3. The van der Waals surface area contributed by atoms with E-state index in [2.05, 4.69) is 15.3 Å². The molecule has 4 heteroatoms. The number of nitrogens with zero attached hydrogens (tertiary/aromatic N) is 2. The molecule has 0 fully saturated rings. The second-order valence-corrected chi connectivity index (χ2v) is 3.85. The first kappa shape index (κ1) is 10.9. The Hall–Kier alpha value is -1.61. The molecule has 0 unspecified atom stereocenters. The van der Waals surface area contributed by atoms with E-state index in [4.69, 9.17) is 11.6 Å². The Labute approximate surface area is 99.5 Å². The zero-order chi connectivity index (χ0) is 11.4. The molecule has 0 saturated carbocycles. The summed E-state index contributed by atoms with van der Waals surface area (Å²) >= 11 is 5.92. The Kier molecular flexibility index (Phi) is 3.37. The molecule has 1 aromatic heterocycles. The molecule has 1 heterocycles. The topological polar surface area (TPSA) is 37.8 Å². The number of benzene rings is 1. The van der Waals surface area contributed by atoms with Gasteiger partial charge in [0, 0.05) is 24.7 Å². The summed E-state index contributed by atoms with van der Waals surface area (Å²) in [6.45, 7) is 0. The summed E-state index contributed by atoms with van der Waals surface area (Å²) in [5.74, 6) is 1.61. The number of rotatable bonds is 3. The van der Waals surface area contributed by atoms with Crippen molar-refractivity contribution in [3.8, 4) is 0 Å². The molecule has 0 spiro atoms. The van der Waals surface area contributed by atoms with Crippen LogP contribution in [0.4, 0.5) is 5.82 Å². The molecule has 0 atom stereocenters. The SMILES string of the molecule is CNc1ccnc(Cc2cccc(Cl)c2)n1. The van der Waals surface area contributed by atoms with Crippen molar-refractivity contribution in [2.75, 3.05) is 12.4 Å². The van der Waals surface area contributed by atoms with Gasteiger partial charge in [-0.2, -0.15) is 0 Å². The molecule has 0 aliphatic heterocycles. The largest absolute Gasteiger partial charge is 0.373 e. The highest BCUT2D eigenvalue weighted by Gasteiger charge is 2.00. The summed E-state index contributed by atoms with van der Waals surface area (Å²) in [5, 5.41) is 3.73. The highest BCUT2D eigenvalue weighted by molar-refractivity contribution is 6.30. The van der Waals surface area contributed by atoms with E-state index in [1.54, 1.807) is 6.20 Å². The molecular weight excluding hydrogens is 222 g/mol. The molecule has 82 valence electrons. The van der Waals surface area contributed by atoms with E-state index in [0.29, 0.717) is 6.42 Å². The number of nitrogens with one attached hydrogen (secondary N) is 1. The van der Waals surface area contributed by atoms with E-state index in [1.807, 2.05) is 37.4 Å². The van der Waals surface area contributed by atoms with E-state index in [0.717, 1.165) is 22.2 Å². The molecule has 2 rings (SSSR count). The standard InChI is InChI=1S/C12H12ClN3/c1-14-11-5-6-15-12(16-11)8-9-3-2-4-10(13)7-9/h2-7H,8H2,1H3,(H,14,15,16). The normalized spacial score (nSPS) is 10.1. The van der Waals surface area contributed by atoms with Gasteiger partial charge in [0.25, 0.3) is 0 Å². The van der Waals surface area contributed by atoms with Crippen LogP contribution >= 0.6 is 11.6 Å². The van der Waals surface area contributed by atoms with Gasteiger partial charge in [0.05, 0.1) is 0 Å². The smallest absolute Gasteiger partial charge is 0.135 e. The van der Waals surface area contributed by atoms with Gasteiger partial charge < -0.3 is 5.32 Å². The molecule has 3 nitrogen and oxygen atoms in total. The van der Waals surface area contributed by atoms with Gasteiger partial charge in [-0.05, 0) is 23.8 Å². The second-order valence-electron chi connectivity index (χ2n) is 3.41. The van der Waals surface area contributed by atoms with Gasteiger partial charge in [-0.25, -0.2) is 9.97 Å². The summed E-state index contributed by atoms with van der Waals surface area (Å²) in [6, 6.07) is 9.56. The Morgan fingerprint density at radius 3 is 2.94 bits per heavy atom. The van der Waals surface area contributed by atoms with Crippen LogP contribution in [-0.2, 0) is 6.42 Å². The lowest BCUT2D eigenvalue weighted by Crippen LogP contribution is -2.00. The summed E-state index contributed by atoms with van der Waals surface area (Å²) < 4.78 is 0. The zero-order valence-corrected chi connectivity index (χ0v) is 9.70. The predicted molar refractivity (Wildman–Crippen MR) is 65.8 cm³/mol. The van der Waals surface area contributed by atoms with E-state index in [-0.39, 0.29) is 0 Å². The Morgan fingerprint density at radius 1 is 1.31 bits per heavy atom. The lowest BCUT2D eigenvalue weighted by Gasteiger charge is -2.03. The highest BCUT2D eigenvalue weighted by Crippen LogP contribution is 2.13. The number of aromatic nitrogens is 2. The Balaban J connectivity index is 2.20. The Bertz CT molecular complexity index is 485. The van der Waals surface area contributed by atoms with E-state index in [1.165, 1.54) is 0 Å². The minimum absolute atomic E-state index is 0.691. The van der Waals surface area contributed by atoms with Gasteiger partial charge in [0.15, 0.2) is 0 Å². The summed E-state index contributed by atoms with van der Waals surface area (Å²) in [5.41, 5.74) is 1.11. The highest BCUT2D eigenvalue weighted by atomic mass is 35.5. The third-order valence-electron chi connectivity index (χ3n) is 2.21. The Morgan fingerprint density at radius 2 is 2.19 bits per heavy atom. The molecular formula is C12H12ClN3. The number of anilines is 1. The summed E-state index contributed by atoms with van der Waals surface area (Å²) in [7, 11) is 1.84. The zero-order valence-electron chi connectivity index (χ0n) is 8.94. The fraction of sp³-hybridized carbons (Fsp3) is 0.167. The molecule has 0 aliphatic rings. The number of hydrogen-bond donors (Lipinski definition) is 1. The van der Waals surface area contributed by atoms with Crippen LogP contribution in [0.2, 0.25) is 5.02 Å². The van der Waals surface area contributed by atoms with E-state index < -0.39 is 0 Å². The first-order valence-corrected chi connectivity index (χ1v) is 5.40. The average molecular weight is 234 g/mol. The first-order chi connectivity index (χ1) is 7.78. The van der Waals surface area contributed by atoms with Crippen LogP contribution in [0, 0.1) is 0 Å². The van der Waals surface area contributed by atoms with Crippen molar-refractivity contribution in [1.29, 1.82) is 0 Å². The minimum atomic E-state index is 0.691. The quantitative estimate of drug-likeness (QED) is 0.886. The number of halogens is 1. The molecule has 0 bridgehead atoms. The van der Waals surface area contributed by atoms with E-state index in [9.17, 15) is 0 Å². The summed E-state index contributed by atoms with van der Waals surface area (Å²) in [6.07, 6.45) is 2.44. The lowest BCUT2D eigenvalue weighted by molar-refractivity contribution is 0.969. The van der Waals surface area contributed by atoms with Crippen molar-refractivity contribution in [2.24, 2.45) is 0 Å². The second kappa shape index (κ2) is 4.94.